The molecule has 0 bridgehead atoms. The van der Waals surface area contributed by atoms with Gasteiger partial charge in [0.25, 0.3) is 0 Å². The molecule has 0 aliphatic carbocycles. The lowest BCUT2D eigenvalue weighted by Gasteiger charge is -2.24. The van der Waals surface area contributed by atoms with Gasteiger partial charge in [0.2, 0.25) is 0 Å². The van der Waals surface area contributed by atoms with Crippen molar-refractivity contribution in [1.82, 2.24) is 0 Å². The molecule has 0 saturated carbocycles. The van der Waals surface area contributed by atoms with Crippen molar-refractivity contribution in [2.24, 2.45) is 0 Å². The van der Waals surface area contributed by atoms with Gasteiger partial charge in [-0.1, -0.05) is 159 Å². The van der Waals surface area contributed by atoms with Crippen molar-refractivity contribution in [1.29, 1.82) is 0 Å². The SMILES string of the molecule is CCCCC/C=C\CC(O)/C=C/C=C\C/C=C\CCCC(=O)OC(COCCCCCCCCCCCCCCCC)COP(=O)(O)OCC[N+](C)(C)C. The van der Waals surface area contributed by atoms with E-state index in [0.29, 0.717) is 30.5 Å². The van der Waals surface area contributed by atoms with Crippen LogP contribution in [-0.4, -0.2) is 86.8 Å². The molecule has 3 atom stereocenters. The summed E-state index contributed by atoms with van der Waals surface area (Å²) in [7, 11) is 1.59. The van der Waals surface area contributed by atoms with Gasteiger partial charge in [-0.25, -0.2) is 4.57 Å². The minimum atomic E-state index is -4.30. The Morgan fingerprint density at radius 1 is 0.667 bits per heavy atom. The second-order valence-corrected chi connectivity index (χ2v) is 17.0. The minimum absolute atomic E-state index is 0.0671. The van der Waals surface area contributed by atoms with Crippen LogP contribution in [0.3, 0.4) is 0 Å². The Kier molecular flexibility index (Phi) is 35.9. The third-order valence-corrected chi connectivity index (χ3v) is 9.96. The molecular weight excluding hydrogens is 701 g/mol. The summed E-state index contributed by atoms with van der Waals surface area (Å²) in [6, 6.07) is 0. The van der Waals surface area contributed by atoms with Crippen LogP contribution >= 0.6 is 7.82 Å². The second-order valence-electron chi connectivity index (χ2n) is 15.6. The summed E-state index contributed by atoms with van der Waals surface area (Å²) in [4.78, 5) is 22.8. The van der Waals surface area contributed by atoms with Gasteiger partial charge in [0, 0.05) is 13.0 Å². The molecule has 0 aromatic rings. The number of aliphatic hydroxyl groups is 1. The normalized spacial score (nSPS) is 14.9. The molecule has 0 rings (SSSR count). The number of hydrogen-bond acceptors (Lipinski definition) is 7. The zero-order valence-corrected chi connectivity index (χ0v) is 36.2. The van der Waals surface area contributed by atoms with E-state index in [-0.39, 0.29) is 26.2 Å². The molecule has 316 valence electrons. The maximum atomic E-state index is 12.7. The monoisotopic (exact) mass is 785 g/mol. The van der Waals surface area contributed by atoms with Crippen molar-refractivity contribution in [3.8, 4) is 0 Å². The number of rotatable bonds is 39. The van der Waals surface area contributed by atoms with E-state index in [4.69, 9.17) is 18.5 Å². The highest BCUT2D eigenvalue weighted by Crippen LogP contribution is 2.43. The Hall–Kier alpha value is -1.58. The Balaban J connectivity index is 4.42. The fraction of sp³-hybridized carbons (Fsp3) is 0.795. The highest BCUT2D eigenvalue weighted by Gasteiger charge is 2.26. The molecule has 0 amide bonds. The van der Waals surface area contributed by atoms with Gasteiger partial charge in [0.1, 0.15) is 19.3 Å². The molecule has 0 spiro atoms. The van der Waals surface area contributed by atoms with Gasteiger partial charge in [0.05, 0.1) is 40.5 Å². The first-order valence-corrected chi connectivity index (χ1v) is 23.0. The van der Waals surface area contributed by atoms with E-state index in [1.807, 2.05) is 51.5 Å². The van der Waals surface area contributed by atoms with E-state index in [2.05, 4.69) is 26.0 Å². The number of phosphoric acid groups is 1. The Morgan fingerprint density at radius 2 is 1.24 bits per heavy atom. The molecule has 0 saturated heterocycles. The summed E-state index contributed by atoms with van der Waals surface area (Å²) in [5, 5.41) is 10.0. The molecule has 2 N–H and O–H groups in total. The van der Waals surface area contributed by atoms with Crippen molar-refractivity contribution >= 4 is 13.8 Å². The standard InChI is InChI=1S/C44H82NO8P/c1-6-8-10-12-14-15-16-17-18-19-22-25-29-33-38-50-40-43(41-52-54(48,49)51-39-37-45(3,4)5)53-44(47)36-32-28-24-21-20-23-27-31-35-42(46)34-30-26-13-11-9-7-2/h21,23-24,26-27,30-31,35,42-43,46H,6-20,22,25,28-29,32-34,36-41H2,1-5H3/p+1/b24-21-,27-23-,30-26-,35-31+. The van der Waals surface area contributed by atoms with E-state index in [1.165, 1.54) is 96.3 Å². The lowest BCUT2D eigenvalue weighted by atomic mass is 10.0. The molecule has 0 heterocycles. The van der Waals surface area contributed by atoms with Crippen LogP contribution in [0.5, 0.6) is 0 Å². The number of nitrogens with zero attached hydrogens (tertiary/aromatic N) is 1. The van der Waals surface area contributed by atoms with Crippen LogP contribution in [0, 0.1) is 0 Å². The number of hydrogen-bond donors (Lipinski definition) is 2. The fourth-order valence-corrected chi connectivity index (χ4v) is 6.31. The van der Waals surface area contributed by atoms with Gasteiger partial charge in [-0.05, 0) is 44.9 Å². The predicted molar refractivity (Wildman–Crippen MR) is 225 cm³/mol. The quantitative estimate of drug-likeness (QED) is 0.0158. The van der Waals surface area contributed by atoms with Gasteiger partial charge in [-0.15, -0.1) is 0 Å². The Morgan fingerprint density at radius 3 is 1.87 bits per heavy atom. The van der Waals surface area contributed by atoms with Crippen LogP contribution in [0.2, 0.25) is 0 Å². The zero-order chi connectivity index (χ0) is 40.0. The first-order valence-electron chi connectivity index (χ1n) is 21.5. The third-order valence-electron chi connectivity index (χ3n) is 8.97. The van der Waals surface area contributed by atoms with E-state index in [9.17, 15) is 19.4 Å². The highest BCUT2D eigenvalue weighted by atomic mass is 31.2. The van der Waals surface area contributed by atoms with Crippen molar-refractivity contribution in [3.63, 3.8) is 0 Å². The number of likely N-dealkylation sites (N-methyl/N-ethyl adjacent to an activating group) is 1. The van der Waals surface area contributed by atoms with Gasteiger partial charge in [-0.2, -0.15) is 0 Å². The minimum Gasteiger partial charge on any atom is -0.457 e. The van der Waals surface area contributed by atoms with E-state index >= 15 is 0 Å². The average molecular weight is 785 g/mol. The number of carbonyl (C=O) groups excluding carboxylic acids is 1. The lowest BCUT2D eigenvalue weighted by Crippen LogP contribution is -2.37. The number of phosphoric ester groups is 1. The van der Waals surface area contributed by atoms with Gasteiger partial charge in [0.15, 0.2) is 0 Å². The van der Waals surface area contributed by atoms with Crippen molar-refractivity contribution in [2.45, 2.75) is 174 Å². The molecule has 0 aromatic heterocycles. The molecule has 0 aromatic carbocycles. The van der Waals surface area contributed by atoms with Crippen molar-refractivity contribution in [2.75, 3.05) is 54.1 Å². The molecular formula is C44H83NO8P+. The van der Waals surface area contributed by atoms with Crippen LogP contribution in [0.1, 0.15) is 162 Å². The summed E-state index contributed by atoms with van der Waals surface area (Å²) in [5.41, 5.74) is 0. The van der Waals surface area contributed by atoms with Crippen LogP contribution < -0.4 is 0 Å². The Bertz CT molecular complexity index is 1020. The first-order chi connectivity index (χ1) is 26.0. The molecule has 0 fully saturated rings. The first kappa shape index (κ1) is 52.4. The maximum absolute atomic E-state index is 12.7. The largest absolute Gasteiger partial charge is 0.472 e. The van der Waals surface area contributed by atoms with Gasteiger partial charge >= 0.3 is 13.8 Å². The molecule has 9 nitrogen and oxygen atoms in total. The summed E-state index contributed by atoms with van der Waals surface area (Å²) >= 11 is 0. The number of quaternary nitrogens is 1. The predicted octanol–water partition coefficient (Wildman–Crippen LogP) is 11.4. The summed E-state index contributed by atoms with van der Waals surface area (Å²) < 4.78 is 34.8. The van der Waals surface area contributed by atoms with E-state index < -0.39 is 26.0 Å². The number of carbonyl (C=O) groups is 1. The Labute approximate surface area is 331 Å². The lowest BCUT2D eigenvalue weighted by molar-refractivity contribution is -0.870. The molecule has 3 unspecified atom stereocenters. The topological polar surface area (TPSA) is 112 Å². The van der Waals surface area contributed by atoms with Crippen LogP contribution in [0.4, 0.5) is 0 Å². The van der Waals surface area contributed by atoms with Crippen LogP contribution in [0.25, 0.3) is 0 Å². The van der Waals surface area contributed by atoms with Crippen LogP contribution in [0.15, 0.2) is 48.6 Å². The summed E-state index contributed by atoms with van der Waals surface area (Å²) in [6.45, 7) is 5.41. The number of esters is 1. The number of unbranched alkanes of at least 4 members (excludes halogenated alkanes) is 17. The molecule has 0 aliphatic heterocycles. The summed E-state index contributed by atoms with van der Waals surface area (Å²) in [5.74, 6) is -0.393. The average Bonchev–Trinajstić information content (AvgIpc) is 3.11. The van der Waals surface area contributed by atoms with E-state index in [0.717, 1.165) is 32.1 Å². The maximum Gasteiger partial charge on any atom is 0.472 e. The molecule has 0 aliphatic rings. The molecule has 10 heteroatoms. The number of ether oxygens (including phenoxy) is 2. The molecule has 54 heavy (non-hydrogen) atoms. The number of aliphatic hydroxyl groups excluding tert-OH is 1. The van der Waals surface area contributed by atoms with Gasteiger partial charge < -0.3 is 24.0 Å². The molecule has 0 radical (unpaired) electrons. The van der Waals surface area contributed by atoms with Gasteiger partial charge in [-0.3, -0.25) is 13.8 Å². The van der Waals surface area contributed by atoms with Crippen LogP contribution in [-0.2, 0) is 27.9 Å². The summed E-state index contributed by atoms with van der Waals surface area (Å²) in [6.07, 6.45) is 40.3. The third kappa shape index (κ3) is 40.1. The number of allylic oxidation sites excluding steroid dienone is 6. The van der Waals surface area contributed by atoms with E-state index in [1.54, 1.807) is 6.08 Å². The van der Waals surface area contributed by atoms with Crippen molar-refractivity contribution < 1.29 is 42.4 Å². The second kappa shape index (κ2) is 37.0. The zero-order valence-electron chi connectivity index (χ0n) is 35.3. The smallest absolute Gasteiger partial charge is 0.457 e. The fourth-order valence-electron chi connectivity index (χ4n) is 5.57. The van der Waals surface area contributed by atoms with Crippen molar-refractivity contribution in [3.05, 3.63) is 48.6 Å². The highest BCUT2D eigenvalue weighted by molar-refractivity contribution is 7.47.